The van der Waals surface area contributed by atoms with Crippen molar-refractivity contribution in [2.75, 3.05) is 0 Å². The van der Waals surface area contributed by atoms with Crippen molar-refractivity contribution in [2.24, 2.45) is 0 Å². The van der Waals surface area contributed by atoms with E-state index < -0.39 is 0 Å². The lowest BCUT2D eigenvalue weighted by Crippen LogP contribution is -1.84. The number of furan rings is 1. The largest absolute Gasteiger partial charge is 0.457 e. The molecule has 0 aliphatic carbocycles. The highest BCUT2D eigenvalue weighted by molar-refractivity contribution is 9.10. The number of nitrogens with one attached hydrogen (secondary N) is 1. The first-order valence-corrected chi connectivity index (χ1v) is 9.27. The summed E-state index contributed by atoms with van der Waals surface area (Å²) in [5, 5.41) is 10.5. The second-order valence-electron chi connectivity index (χ2n) is 5.61. The predicted molar refractivity (Wildman–Crippen MR) is 109 cm³/mol. The number of nitriles is 1. The minimum Gasteiger partial charge on any atom is -0.457 e. The van der Waals surface area contributed by atoms with Crippen LogP contribution in [0.15, 0.2) is 51.5 Å². The van der Waals surface area contributed by atoms with Gasteiger partial charge >= 0.3 is 0 Å². The van der Waals surface area contributed by atoms with Gasteiger partial charge in [-0.05, 0) is 52.3 Å². The number of nitrogens with zero attached hydrogens (tertiary/aromatic N) is 3. The molecule has 0 radical (unpaired) electrons. The van der Waals surface area contributed by atoms with Gasteiger partial charge in [0.15, 0.2) is 11.5 Å². The number of fused-ring (bicyclic) bond motifs is 1. The number of rotatable bonds is 3. The molecule has 0 atom stereocenters. The van der Waals surface area contributed by atoms with Crippen LogP contribution in [0.5, 0.6) is 0 Å². The Balaban J connectivity index is 1.69. The van der Waals surface area contributed by atoms with Crippen LogP contribution < -0.4 is 0 Å². The van der Waals surface area contributed by atoms with Gasteiger partial charge in [0.05, 0.1) is 21.1 Å². The number of halogens is 3. The maximum atomic E-state index is 9.53. The van der Waals surface area contributed by atoms with E-state index in [0.29, 0.717) is 38.6 Å². The van der Waals surface area contributed by atoms with Gasteiger partial charge in [0, 0.05) is 22.3 Å². The number of imidazole rings is 1. The van der Waals surface area contributed by atoms with Gasteiger partial charge in [-0.15, -0.1) is 0 Å². The molecule has 0 bridgehead atoms. The molecule has 27 heavy (non-hydrogen) atoms. The third-order valence-electron chi connectivity index (χ3n) is 3.80. The van der Waals surface area contributed by atoms with E-state index in [0.717, 1.165) is 15.6 Å². The number of H-pyrrole nitrogens is 1. The van der Waals surface area contributed by atoms with Crippen molar-refractivity contribution in [1.29, 1.82) is 5.26 Å². The Morgan fingerprint density at radius 2 is 2.04 bits per heavy atom. The van der Waals surface area contributed by atoms with E-state index in [2.05, 4.69) is 37.0 Å². The highest BCUT2D eigenvalue weighted by Crippen LogP contribution is 2.30. The Labute approximate surface area is 172 Å². The number of aromatic nitrogens is 3. The zero-order valence-electron chi connectivity index (χ0n) is 13.5. The second-order valence-corrected chi connectivity index (χ2v) is 7.34. The minimum absolute atomic E-state index is 0.333. The van der Waals surface area contributed by atoms with E-state index in [9.17, 15) is 5.26 Å². The monoisotopic (exact) mass is 458 g/mol. The lowest BCUT2D eigenvalue weighted by atomic mass is 10.2. The van der Waals surface area contributed by atoms with Crippen molar-refractivity contribution < 1.29 is 4.42 Å². The molecule has 3 aromatic heterocycles. The van der Waals surface area contributed by atoms with Crippen LogP contribution in [0.2, 0.25) is 10.0 Å². The smallest absolute Gasteiger partial charge is 0.178 e. The molecular weight excluding hydrogens is 451 g/mol. The SMILES string of the molecule is N#C/C(=C\c1ccc(-c2ccc(Cl)c(Cl)c2)o1)c1nc2ncc(Br)cc2[nH]1. The average molecular weight is 460 g/mol. The Morgan fingerprint density at radius 1 is 1.19 bits per heavy atom. The van der Waals surface area contributed by atoms with Crippen LogP contribution in [0.4, 0.5) is 0 Å². The zero-order valence-corrected chi connectivity index (χ0v) is 16.6. The fourth-order valence-electron chi connectivity index (χ4n) is 2.53. The van der Waals surface area contributed by atoms with Crippen molar-refractivity contribution in [1.82, 2.24) is 15.0 Å². The summed E-state index contributed by atoms with van der Waals surface area (Å²) in [7, 11) is 0. The molecule has 4 aromatic rings. The molecule has 0 amide bonds. The zero-order chi connectivity index (χ0) is 19.0. The first kappa shape index (κ1) is 17.8. The Kier molecular flexibility index (Phi) is 4.75. The molecule has 5 nitrogen and oxygen atoms in total. The molecular formula is C19H9BrCl2N4O. The Bertz CT molecular complexity index is 1240. The number of pyridine rings is 1. The summed E-state index contributed by atoms with van der Waals surface area (Å²) in [6, 6.07) is 12.8. The number of hydrogen-bond donors (Lipinski definition) is 1. The molecule has 3 heterocycles. The van der Waals surface area contributed by atoms with E-state index in [1.807, 2.05) is 12.1 Å². The third-order valence-corrected chi connectivity index (χ3v) is 4.97. The van der Waals surface area contributed by atoms with E-state index in [1.54, 1.807) is 36.5 Å². The van der Waals surface area contributed by atoms with Gasteiger partial charge in [0.2, 0.25) is 0 Å². The molecule has 0 saturated heterocycles. The Morgan fingerprint density at radius 3 is 2.81 bits per heavy atom. The fourth-order valence-corrected chi connectivity index (χ4v) is 3.16. The molecule has 132 valence electrons. The van der Waals surface area contributed by atoms with E-state index in [-0.39, 0.29) is 0 Å². The number of hydrogen-bond acceptors (Lipinski definition) is 4. The summed E-state index contributed by atoms with van der Waals surface area (Å²) < 4.78 is 6.64. The normalized spacial score (nSPS) is 11.7. The van der Waals surface area contributed by atoms with Gasteiger partial charge in [-0.2, -0.15) is 5.26 Å². The van der Waals surface area contributed by atoms with Gasteiger partial charge in [0.25, 0.3) is 0 Å². The predicted octanol–water partition coefficient (Wildman–Crippen LogP) is 6.35. The summed E-state index contributed by atoms with van der Waals surface area (Å²) in [5.41, 5.74) is 2.39. The van der Waals surface area contributed by atoms with Gasteiger partial charge in [-0.25, -0.2) is 9.97 Å². The molecule has 0 aliphatic rings. The van der Waals surface area contributed by atoms with Gasteiger partial charge in [-0.3, -0.25) is 0 Å². The fraction of sp³-hybridized carbons (Fsp3) is 0. The highest BCUT2D eigenvalue weighted by atomic mass is 79.9. The molecule has 1 aromatic carbocycles. The number of benzene rings is 1. The maximum absolute atomic E-state index is 9.53. The van der Waals surface area contributed by atoms with Crippen LogP contribution in [0.3, 0.4) is 0 Å². The third kappa shape index (κ3) is 3.62. The lowest BCUT2D eigenvalue weighted by molar-refractivity contribution is 0.572. The number of allylic oxidation sites excluding steroid dienone is 1. The Hall–Kier alpha value is -2.59. The van der Waals surface area contributed by atoms with Crippen LogP contribution >= 0.6 is 39.1 Å². The van der Waals surface area contributed by atoms with Crippen LogP contribution in [-0.2, 0) is 0 Å². The van der Waals surface area contributed by atoms with Crippen LogP contribution in [0.1, 0.15) is 11.6 Å². The molecule has 0 saturated carbocycles. The van der Waals surface area contributed by atoms with Crippen LogP contribution in [-0.4, -0.2) is 15.0 Å². The molecule has 1 N–H and O–H groups in total. The van der Waals surface area contributed by atoms with E-state index >= 15 is 0 Å². The molecule has 0 spiro atoms. The van der Waals surface area contributed by atoms with Crippen molar-refractivity contribution in [3.05, 3.63) is 68.7 Å². The van der Waals surface area contributed by atoms with Crippen molar-refractivity contribution >= 4 is 61.9 Å². The maximum Gasteiger partial charge on any atom is 0.178 e. The quantitative estimate of drug-likeness (QED) is 0.362. The molecule has 0 unspecified atom stereocenters. The minimum atomic E-state index is 0.333. The summed E-state index contributed by atoms with van der Waals surface area (Å²) >= 11 is 15.4. The summed E-state index contributed by atoms with van der Waals surface area (Å²) in [4.78, 5) is 11.7. The first-order chi connectivity index (χ1) is 13.0. The molecule has 0 aliphatic heterocycles. The van der Waals surface area contributed by atoms with Gasteiger partial charge < -0.3 is 9.40 Å². The summed E-state index contributed by atoms with van der Waals surface area (Å²) in [6.45, 7) is 0. The molecule has 8 heteroatoms. The lowest BCUT2D eigenvalue weighted by Gasteiger charge is -1.99. The van der Waals surface area contributed by atoms with E-state index in [4.69, 9.17) is 27.6 Å². The van der Waals surface area contributed by atoms with E-state index in [1.165, 1.54) is 0 Å². The van der Waals surface area contributed by atoms with Crippen molar-refractivity contribution in [2.45, 2.75) is 0 Å². The topological polar surface area (TPSA) is 78.5 Å². The highest BCUT2D eigenvalue weighted by Gasteiger charge is 2.11. The van der Waals surface area contributed by atoms with Crippen molar-refractivity contribution in [3.63, 3.8) is 0 Å². The van der Waals surface area contributed by atoms with Crippen LogP contribution in [0.25, 0.3) is 34.1 Å². The molecule has 0 fully saturated rings. The summed E-state index contributed by atoms with van der Waals surface area (Å²) in [5.74, 6) is 1.56. The number of aromatic amines is 1. The standard InChI is InChI=1S/C19H9BrCl2N4O/c20-12-7-16-19(24-9-12)26-18(25-16)11(8-23)5-13-2-4-17(27-13)10-1-3-14(21)15(22)6-10/h1-7,9H,(H,24,25,26)/b11-5+. The van der Waals surface area contributed by atoms with Crippen molar-refractivity contribution in [3.8, 4) is 17.4 Å². The van der Waals surface area contributed by atoms with Gasteiger partial charge in [-0.1, -0.05) is 23.2 Å². The first-order valence-electron chi connectivity index (χ1n) is 7.72. The van der Waals surface area contributed by atoms with Crippen LogP contribution in [0, 0.1) is 11.3 Å². The molecule has 4 rings (SSSR count). The summed E-state index contributed by atoms with van der Waals surface area (Å²) in [6.07, 6.45) is 3.27. The van der Waals surface area contributed by atoms with Gasteiger partial charge in [0.1, 0.15) is 17.6 Å². The second kappa shape index (κ2) is 7.20. The average Bonchev–Trinajstić information content (AvgIpc) is 3.28.